The molecule has 3 N–H and O–H groups in total. The normalized spacial score (nSPS) is 11.8. The summed E-state index contributed by atoms with van der Waals surface area (Å²) in [6.45, 7) is 0. The van der Waals surface area contributed by atoms with Gasteiger partial charge in [0.05, 0.1) is 0 Å². The van der Waals surface area contributed by atoms with Crippen LogP contribution in [0.5, 0.6) is 0 Å². The van der Waals surface area contributed by atoms with Gasteiger partial charge < -0.3 is 10.7 Å². The molecule has 0 spiro atoms. The van der Waals surface area contributed by atoms with Crippen molar-refractivity contribution < 1.29 is 9.18 Å². The Balaban J connectivity index is 2.13. The van der Waals surface area contributed by atoms with E-state index >= 15 is 0 Å². The van der Waals surface area contributed by atoms with Crippen molar-refractivity contribution in [1.29, 1.82) is 0 Å². The van der Waals surface area contributed by atoms with E-state index in [-0.39, 0.29) is 5.82 Å². The van der Waals surface area contributed by atoms with Crippen LogP contribution in [0, 0.1) is 5.82 Å². The lowest BCUT2D eigenvalue weighted by Gasteiger charge is -2.03. The number of pyridine rings is 1. The van der Waals surface area contributed by atoms with Crippen molar-refractivity contribution in [3.8, 4) is 0 Å². The van der Waals surface area contributed by atoms with Gasteiger partial charge in [-0.2, -0.15) is 0 Å². The molecule has 1 amide bonds. The largest absolute Gasteiger partial charge is 0.366 e. The third kappa shape index (κ3) is 2.53. The van der Waals surface area contributed by atoms with Gasteiger partial charge in [-0.15, -0.1) is 0 Å². The first-order valence-electron chi connectivity index (χ1n) is 6.34. The zero-order chi connectivity index (χ0) is 14.8. The molecule has 2 heterocycles. The zero-order valence-electron chi connectivity index (χ0n) is 11.0. The SMILES string of the molecule is NC(=O)C(=Cc1c[nH]c2ncccc12)c1ccc(F)cc1. The Morgan fingerprint density at radius 1 is 1.24 bits per heavy atom. The monoisotopic (exact) mass is 281 g/mol. The van der Waals surface area contributed by atoms with Gasteiger partial charge in [0.2, 0.25) is 5.91 Å². The molecule has 0 saturated carbocycles. The number of nitrogens with two attached hydrogens (primary N) is 1. The first-order chi connectivity index (χ1) is 10.1. The van der Waals surface area contributed by atoms with Gasteiger partial charge >= 0.3 is 0 Å². The summed E-state index contributed by atoms with van der Waals surface area (Å²) in [6.07, 6.45) is 5.11. The van der Waals surface area contributed by atoms with Crippen LogP contribution in [0.1, 0.15) is 11.1 Å². The van der Waals surface area contributed by atoms with Crippen molar-refractivity contribution in [2.45, 2.75) is 0 Å². The first kappa shape index (κ1) is 13.1. The second kappa shape index (κ2) is 5.20. The molecular formula is C16H12FN3O. The van der Waals surface area contributed by atoms with Crippen molar-refractivity contribution in [3.05, 3.63) is 65.7 Å². The number of hydrogen-bond acceptors (Lipinski definition) is 2. The number of rotatable bonds is 3. The molecule has 0 atom stereocenters. The number of amides is 1. The van der Waals surface area contributed by atoms with E-state index in [1.165, 1.54) is 24.3 Å². The summed E-state index contributed by atoms with van der Waals surface area (Å²) >= 11 is 0. The summed E-state index contributed by atoms with van der Waals surface area (Å²) in [5, 5.41) is 0.887. The molecule has 2 aromatic heterocycles. The lowest BCUT2D eigenvalue weighted by atomic mass is 10.0. The number of aromatic nitrogens is 2. The quantitative estimate of drug-likeness (QED) is 0.724. The summed E-state index contributed by atoms with van der Waals surface area (Å²) < 4.78 is 13.0. The Labute approximate surface area is 120 Å². The number of carbonyl (C=O) groups is 1. The molecule has 0 bridgehead atoms. The molecule has 0 aliphatic heterocycles. The van der Waals surface area contributed by atoms with E-state index in [2.05, 4.69) is 9.97 Å². The molecule has 5 heteroatoms. The highest BCUT2D eigenvalue weighted by atomic mass is 19.1. The van der Waals surface area contributed by atoms with Crippen molar-refractivity contribution in [3.63, 3.8) is 0 Å². The highest BCUT2D eigenvalue weighted by molar-refractivity contribution is 6.24. The van der Waals surface area contributed by atoms with Gasteiger partial charge in [0.25, 0.3) is 0 Å². The summed E-state index contributed by atoms with van der Waals surface area (Å²) in [5.74, 6) is -0.932. The number of H-pyrrole nitrogens is 1. The number of carbonyl (C=O) groups excluding carboxylic acids is 1. The Kier molecular flexibility index (Phi) is 3.23. The molecule has 104 valence electrons. The van der Waals surface area contributed by atoms with E-state index in [1.807, 2.05) is 12.1 Å². The van der Waals surface area contributed by atoms with E-state index in [0.29, 0.717) is 11.1 Å². The Morgan fingerprint density at radius 3 is 2.71 bits per heavy atom. The first-order valence-corrected chi connectivity index (χ1v) is 6.34. The molecule has 0 fully saturated rings. The Hall–Kier alpha value is -2.95. The molecule has 0 aliphatic rings. The third-order valence-corrected chi connectivity index (χ3v) is 3.20. The maximum atomic E-state index is 13.0. The topological polar surface area (TPSA) is 71.8 Å². The average molecular weight is 281 g/mol. The minimum absolute atomic E-state index is 0.319. The average Bonchev–Trinajstić information content (AvgIpc) is 2.89. The molecule has 0 aliphatic carbocycles. The number of primary amides is 1. The summed E-state index contributed by atoms with van der Waals surface area (Å²) in [7, 11) is 0. The number of aromatic amines is 1. The van der Waals surface area contributed by atoms with Crippen molar-refractivity contribution >= 4 is 28.6 Å². The van der Waals surface area contributed by atoms with E-state index in [9.17, 15) is 9.18 Å². The van der Waals surface area contributed by atoms with Crippen LogP contribution in [-0.2, 0) is 4.79 Å². The van der Waals surface area contributed by atoms with E-state index in [0.717, 1.165) is 16.6 Å². The maximum Gasteiger partial charge on any atom is 0.249 e. The van der Waals surface area contributed by atoms with E-state index in [4.69, 9.17) is 5.73 Å². The predicted molar refractivity (Wildman–Crippen MR) is 79.6 cm³/mol. The Bertz CT molecular complexity index is 834. The predicted octanol–water partition coefficient (Wildman–Crippen LogP) is 2.73. The van der Waals surface area contributed by atoms with Crippen molar-refractivity contribution in [2.24, 2.45) is 5.73 Å². The molecular weight excluding hydrogens is 269 g/mol. The van der Waals surface area contributed by atoms with Gasteiger partial charge in [-0.3, -0.25) is 4.79 Å². The van der Waals surface area contributed by atoms with Gasteiger partial charge in [0.1, 0.15) is 11.5 Å². The van der Waals surface area contributed by atoms with E-state index in [1.54, 1.807) is 18.5 Å². The summed E-state index contributed by atoms with van der Waals surface area (Å²) in [4.78, 5) is 18.9. The molecule has 0 unspecified atom stereocenters. The fourth-order valence-electron chi connectivity index (χ4n) is 2.18. The number of hydrogen-bond donors (Lipinski definition) is 2. The number of nitrogens with zero attached hydrogens (tertiary/aromatic N) is 1. The highest BCUT2D eigenvalue weighted by Crippen LogP contribution is 2.23. The van der Waals surface area contributed by atoms with Crippen LogP contribution < -0.4 is 5.73 Å². The number of halogens is 1. The molecule has 1 aromatic carbocycles. The third-order valence-electron chi connectivity index (χ3n) is 3.20. The Morgan fingerprint density at radius 2 is 2.00 bits per heavy atom. The van der Waals surface area contributed by atoms with Gasteiger partial charge in [-0.1, -0.05) is 12.1 Å². The lowest BCUT2D eigenvalue weighted by molar-refractivity contribution is -0.112. The molecule has 3 aromatic rings. The fourth-order valence-corrected chi connectivity index (χ4v) is 2.18. The minimum Gasteiger partial charge on any atom is -0.366 e. The smallest absolute Gasteiger partial charge is 0.249 e. The maximum absolute atomic E-state index is 13.0. The molecule has 3 rings (SSSR count). The van der Waals surface area contributed by atoms with Crippen molar-refractivity contribution in [1.82, 2.24) is 9.97 Å². The molecule has 0 radical (unpaired) electrons. The fraction of sp³-hybridized carbons (Fsp3) is 0. The van der Waals surface area contributed by atoms with Crippen LogP contribution in [-0.4, -0.2) is 15.9 Å². The van der Waals surface area contributed by atoms with Crippen molar-refractivity contribution in [2.75, 3.05) is 0 Å². The van der Waals surface area contributed by atoms with Gasteiger partial charge in [-0.05, 0) is 35.9 Å². The number of fused-ring (bicyclic) bond motifs is 1. The zero-order valence-corrected chi connectivity index (χ0v) is 11.0. The number of nitrogens with one attached hydrogen (secondary N) is 1. The highest BCUT2D eigenvalue weighted by Gasteiger charge is 2.10. The van der Waals surface area contributed by atoms with Crippen LogP contribution in [0.25, 0.3) is 22.7 Å². The van der Waals surface area contributed by atoms with Crippen LogP contribution in [0.15, 0.2) is 48.8 Å². The summed E-state index contributed by atoms with van der Waals surface area (Å²) in [6, 6.07) is 9.35. The molecule has 21 heavy (non-hydrogen) atoms. The standard InChI is InChI=1S/C16H12FN3O/c17-12-5-3-10(4-6-12)14(15(18)21)8-11-9-20-16-13(11)2-1-7-19-16/h1-9H,(H2,18,21)(H,19,20). The summed E-state index contributed by atoms with van der Waals surface area (Å²) in [5.41, 5.74) is 7.86. The number of benzene rings is 1. The van der Waals surface area contributed by atoms with Gasteiger partial charge in [-0.25, -0.2) is 9.37 Å². The van der Waals surface area contributed by atoms with Crippen LogP contribution >= 0.6 is 0 Å². The molecule has 0 saturated heterocycles. The minimum atomic E-state index is -0.570. The lowest BCUT2D eigenvalue weighted by Crippen LogP contribution is -2.12. The van der Waals surface area contributed by atoms with E-state index < -0.39 is 5.91 Å². The second-order valence-electron chi connectivity index (χ2n) is 4.57. The molecule has 4 nitrogen and oxygen atoms in total. The van der Waals surface area contributed by atoms with Crippen LogP contribution in [0.4, 0.5) is 4.39 Å². The van der Waals surface area contributed by atoms with Gasteiger partial charge in [0.15, 0.2) is 0 Å². The van der Waals surface area contributed by atoms with Crippen LogP contribution in [0.2, 0.25) is 0 Å². The van der Waals surface area contributed by atoms with Crippen LogP contribution in [0.3, 0.4) is 0 Å². The van der Waals surface area contributed by atoms with Gasteiger partial charge in [0, 0.05) is 28.9 Å². The second-order valence-corrected chi connectivity index (χ2v) is 4.57.